The largest absolute Gasteiger partial charge is 0.308 e. The third-order valence-corrected chi connectivity index (χ3v) is 3.77. The molecule has 0 saturated heterocycles. The Bertz CT molecular complexity index is 649. The summed E-state index contributed by atoms with van der Waals surface area (Å²) in [5, 5.41) is 3.99. The third-order valence-electron chi connectivity index (χ3n) is 2.40. The van der Waals surface area contributed by atoms with Crippen LogP contribution in [0, 0.1) is 0 Å². The number of aromatic nitrogens is 3. The van der Waals surface area contributed by atoms with Crippen molar-refractivity contribution in [2.75, 3.05) is 10.1 Å². The van der Waals surface area contributed by atoms with Gasteiger partial charge in [-0.25, -0.2) is 19.2 Å². The molecule has 0 aliphatic heterocycles. The van der Waals surface area contributed by atoms with Crippen LogP contribution in [0.1, 0.15) is 6.92 Å². The lowest BCUT2D eigenvalue weighted by atomic mass is 10.5. The first kappa shape index (κ1) is 13.3. The van der Waals surface area contributed by atoms with Gasteiger partial charge in [-0.15, -0.1) is 0 Å². The summed E-state index contributed by atoms with van der Waals surface area (Å²) in [5.41, 5.74) is 2.73. The number of hydrogen-bond acceptors (Lipinski definition) is 6. The van der Waals surface area contributed by atoms with Gasteiger partial charge in [-0.3, -0.25) is 9.40 Å². The summed E-state index contributed by atoms with van der Waals surface area (Å²) in [6, 6.07) is 2.89. The van der Waals surface area contributed by atoms with Crippen LogP contribution in [0.4, 0.5) is 11.5 Å². The van der Waals surface area contributed by atoms with Gasteiger partial charge in [-0.05, 0) is 19.1 Å². The molecule has 8 nitrogen and oxygen atoms in total. The Morgan fingerprint density at radius 2 is 2.16 bits per heavy atom. The van der Waals surface area contributed by atoms with Crippen LogP contribution in [0.15, 0.2) is 35.6 Å². The highest BCUT2D eigenvalue weighted by Crippen LogP contribution is 2.15. The van der Waals surface area contributed by atoms with Gasteiger partial charge in [0.2, 0.25) is 0 Å². The lowest BCUT2D eigenvalue weighted by molar-refractivity contribution is 0.601. The molecule has 2 aromatic rings. The van der Waals surface area contributed by atoms with Crippen molar-refractivity contribution in [1.29, 1.82) is 0 Å². The molecule has 102 valence electrons. The van der Waals surface area contributed by atoms with Crippen molar-refractivity contribution >= 4 is 21.5 Å². The number of hydrogen-bond donors (Lipinski definition) is 3. The molecule has 0 radical (unpaired) electrons. The maximum atomic E-state index is 12.1. The normalized spacial score (nSPS) is 11.3. The van der Waals surface area contributed by atoms with Gasteiger partial charge in [0, 0.05) is 18.9 Å². The van der Waals surface area contributed by atoms with Gasteiger partial charge in [-0.2, -0.15) is 5.10 Å². The van der Waals surface area contributed by atoms with E-state index in [-0.39, 0.29) is 4.90 Å². The number of rotatable bonds is 5. The monoisotopic (exact) mass is 282 g/mol. The van der Waals surface area contributed by atoms with E-state index in [0.717, 1.165) is 0 Å². The van der Waals surface area contributed by atoms with Crippen molar-refractivity contribution < 1.29 is 8.42 Å². The van der Waals surface area contributed by atoms with Gasteiger partial charge in [0.05, 0.1) is 11.9 Å². The molecule has 19 heavy (non-hydrogen) atoms. The average molecular weight is 282 g/mol. The summed E-state index contributed by atoms with van der Waals surface area (Å²) in [6.07, 6.45) is 4.28. The summed E-state index contributed by atoms with van der Waals surface area (Å²) in [7, 11) is -3.67. The number of aryl methyl sites for hydroxylation is 1. The summed E-state index contributed by atoms with van der Waals surface area (Å²) in [4.78, 5) is 3.90. The summed E-state index contributed by atoms with van der Waals surface area (Å²) < 4.78 is 28.2. The predicted molar refractivity (Wildman–Crippen MR) is 70.8 cm³/mol. The van der Waals surface area contributed by atoms with Crippen LogP contribution in [0.25, 0.3) is 0 Å². The lowest BCUT2D eigenvalue weighted by Crippen LogP contribution is -2.14. The molecule has 2 heterocycles. The maximum Gasteiger partial charge on any atom is 0.263 e. The Balaban J connectivity index is 2.21. The minimum Gasteiger partial charge on any atom is -0.308 e. The fourth-order valence-corrected chi connectivity index (χ4v) is 2.40. The van der Waals surface area contributed by atoms with Crippen molar-refractivity contribution in [2.24, 2.45) is 5.84 Å². The first-order valence-electron chi connectivity index (χ1n) is 5.53. The van der Waals surface area contributed by atoms with E-state index in [0.29, 0.717) is 18.1 Å². The second-order valence-electron chi connectivity index (χ2n) is 3.71. The first-order chi connectivity index (χ1) is 9.05. The number of sulfonamides is 1. The molecular formula is C10H14N6O2S. The Morgan fingerprint density at radius 3 is 2.68 bits per heavy atom. The zero-order valence-corrected chi connectivity index (χ0v) is 11.1. The lowest BCUT2D eigenvalue weighted by Gasteiger charge is -2.06. The predicted octanol–water partition coefficient (Wildman–Crippen LogP) is 0.384. The summed E-state index contributed by atoms with van der Waals surface area (Å²) in [6.45, 7) is 2.58. The standard InChI is InChI=1S/C10H14N6O2S/c1-2-16-7-8(5-13-16)15-19(17,18)9-3-4-10(14-11)12-6-9/h3-7,15H,2,11H2,1H3,(H,12,14). The van der Waals surface area contributed by atoms with Gasteiger partial charge in [0.15, 0.2) is 0 Å². The average Bonchev–Trinajstić information content (AvgIpc) is 2.85. The molecular weight excluding hydrogens is 268 g/mol. The molecule has 0 unspecified atom stereocenters. The molecule has 0 spiro atoms. The fraction of sp³-hybridized carbons (Fsp3) is 0.200. The van der Waals surface area contributed by atoms with Crippen LogP contribution in [0.3, 0.4) is 0 Å². The highest BCUT2D eigenvalue weighted by Gasteiger charge is 2.15. The van der Waals surface area contributed by atoms with Crippen LogP contribution in [0.2, 0.25) is 0 Å². The Morgan fingerprint density at radius 1 is 1.37 bits per heavy atom. The van der Waals surface area contributed by atoms with Gasteiger partial charge >= 0.3 is 0 Å². The van der Waals surface area contributed by atoms with E-state index in [2.05, 4.69) is 20.2 Å². The number of nitrogens with zero attached hydrogens (tertiary/aromatic N) is 3. The fourth-order valence-electron chi connectivity index (χ4n) is 1.43. The smallest absolute Gasteiger partial charge is 0.263 e. The second kappa shape index (κ2) is 5.24. The molecule has 4 N–H and O–H groups in total. The van der Waals surface area contributed by atoms with E-state index >= 15 is 0 Å². The molecule has 0 atom stereocenters. The van der Waals surface area contributed by atoms with E-state index < -0.39 is 10.0 Å². The molecule has 0 amide bonds. The Hall–Kier alpha value is -2.13. The zero-order valence-electron chi connectivity index (χ0n) is 10.2. The molecule has 0 bridgehead atoms. The molecule has 2 rings (SSSR count). The first-order valence-corrected chi connectivity index (χ1v) is 7.01. The van der Waals surface area contributed by atoms with Crippen LogP contribution in [0.5, 0.6) is 0 Å². The number of hydrazine groups is 1. The van der Waals surface area contributed by atoms with Crippen molar-refractivity contribution in [3.63, 3.8) is 0 Å². The van der Waals surface area contributed by atoms with Crippen molar-refractivity contribution in [2.45, 2.75) is 18.4 Å². The summed E-state index contributed by atoms with van der Waals surface area (Å²) >= 11 is 0. The van der Waals surface area contributed by atoms with Gasteiger partial charge in [-0.1, -0.05) is 0 Å². The number of pyridine rings is 1. The van der Waals surface area contributed by atoms with Crippen LogP contribution < -0.4 is 16.0 Å². The number of anilines is 2. The highest BCUT2D eigenvalue weighted by molar-refractivity contribution is 7.92. The van der Waals surface area contributed by atoms with Crippen LogP contribution in [-0.4, -0.2) is 23.2 Å². The number of nitrogens with one attached hydrogen (secondary N) is 2. The third kappa shape index (κ3) is 3.01. The van der Waals surface area contributed by atoms with Crippen LogP contribution in [-0.2, 0) is 16.6 Å². The van der Waals surface area contributed by atoms with Crippen LogP contribution >= 0.6 is 0 Å². The molecule has 0 aromatic carbocycles. The highest BCUT2D eigenvalue weighted by atomic mass is 32.2. The molecule has 9 heteroatoms. The van der Waals surface area contributed by atoms with Crippen molar-refractivity contribution in [1.82, 2.24) is 14.8 Å². The maximum absolute atomic E-state index is 12.1. The Kier molecular flexibility index (Phi) is 3.67. The van der Waals surface area contributed by atoms with Crippen molar-refractivity contribution in [3.8, 4) is 0 Å². The molecule has 0 fully saturated rings. The van der Waals surface area contributed by atoms with Gasteiger partial charge in [0.25, 0.3) is 10.0 Å². The van der Waals surface area contributed by atoms with Gasteiger partial charge in [0.1, 0.15) is 10.7 Å². The molecule has 0 saturated carbocycles. The van der Waals surface area contributed by atoms with E-state index in [9.17, 15) is 8.42 Å². The zero-order chi connectivity index (χ0) is 13.9. The number of nitrogen functional groups attached to an aromatic ring is 1. The summed E-state index contributed by atoms with van der Waals surface area (Å²) in [5.74, 6) is 5.55. The molecule has 0 aliphatic carbocycles. The SMILES string of the molecule is CCn1cc(NS(=O)(=O)c2ccc(NN)nc2)cn1. The Labute approximate surface area is 110 Å². The minimum absolute atomic E-state index is 0.0516. The minimum atomic E-state index is -3.67. The van der Waals surface area contributed by atoms with E-state index in [4.69, 9.17) is 5.84 Å². The molecule has 2 aromatic heterocycles. The quantitative estimate of drug-likeness (QED) is 0.539. The second-order valence-corrected chi connectivity index (χ2v) is 5.40. The topological polar surface area (TPSA) is 115 Å². The van der Waals surface area contributed by atoms with E-state index in [1.165, 1.54) is 24.5 Å². The van der Waals surface area contributed by atoms with Gasteiger partial charge < -0.3 is 5.43 Å². The van der Waals surface area contributed by atoms with E-state index in [1.807, 2.05) is 6.92 Å². The van der Waals surface area contributed by atoms with Crippen molar-refractivity contribution in [3.05, 3.63) is 30.7 Å². The van der Waals surface area contributed by atoms with E-state index in [1.54, 1.807) is 10.9 Å². The molecule has 0 aliphatic rings. The number of nitrogens with two attached hydrogens (primary N) is 1.